The molecule has 18 heavy (non-hydrogen) atoms. The van der Waals surface area contributed by atoms with Crippen LogP contribution in [0, 0.1) is 0 Å². The van der Waals surface area contributed by atoms with Crippen LogP contribution in [0.25, 0.3) is 0 Å². The molecule has 0 spiro atoms. The first-order valence-electron chi connectivity index (χ1n) is 6.50. The van der Waals surface area contributed by atoms with Crippen molar-refractivity contribution in [2.45, 2.75) is 59.0 Å². The van der Waals surface area contributed by atoms with Crippen LogP contribution in [0.5, 0.6) is 0 Å². The second-order valence-corrected chi connectivity index (χ2v) is 4.87. The van der Waals surface area contributed by atoms with Crippen molar-refractivity contribution >= 4 is 5.97 Å². The first kappa shape index (κ1) is 16.9. The fourth-order valence-corrected chi connectivity index (χ4v) is 1.39. The first-order valence-corrected chi connectivity index (χ1v) is 6.50. The fraction of sp³-hybridized carbons (Fsp3) is 0.667. The SMILES string of the molecule is C=CC(C)(CCC=C(C)C)OCOC(=O)CCC. The van der Waals surface area contributed by atoms with Gasteiger partial charge in [-0.15, -0.1) is 6.58 Å². The molecule has 0 saturated heterocycles. The summed E-state index contributed by atoms with van der Waals surface area (Å²) in [6.45, 7) is 11.8. The number of carbonyl (C=O) groups excluding carboxylic acids is 1. The normalized spacial score (nSPS) is 13.6. The number of hydrogen-bond acceptors (Lipinski definition) is 3. The van der Waals surface area contributed by atoms with Gasteiger partial charge in [0.15, 0.2) is 6.79 Å². The van der Waals surface area contributed by atoms with Crippen molar-refractivity contribution in [1.29, 1.82) is 0 Å². The Hall–Kier alpha value is -1.09. The number of ether oxygens (including phenoxy) is 2. The molecule has 0 heterocycles. The lowest BCUT2D eigenvalue weighted by atomic mass is 9.99. The fourth-order valence-electron chi connectivity index (χ4n) is 1.39. The second-order valence-electron chi connectivity index (χ2n) is 4.87. The molecule has 0 fully saturated rings. The van der Waals surface area contributed by atoms with E-state index in [0.29, 0.717) is 6.42 Å². The highest BCUT2D eigenvalue weighted by atomic mass is 16.7. The Morgan fingerprint density at radius 3 is 2.56 bits per heavy atom. The van der Waals surface area contributed by atoms with Gasteiger partial charge in [-0.05, 0) is 40.0 Å². The predicted molar refractivity (Wildman–Crippen MR) is 74.2 cm³/mol. The second kappa shape index (κ2) is 8.92. The van der Waals surface area contributed by atoms with Crippen molar-refractivity contribution in [2.24, 2.45) is 0 Å². The van der Waals surface area contributed by atoms with Crippen molar-refractivity contribution in [1.82, 2.24) is 0 Å². The van der Waals surface area contributed by atoms with Crippen LogP contribution in [0.4, 0.5) is 0 Å². The minimum atomic E-state index is -0.446. The maximum Gasteiger partial charge on any atom is 0.307 e. The summed E-state index contributed by atoms with van der Waals surface area (Å²) >= 11 is 0. The minimum absolute atomic E-state index is 0.00379. The molecule has 0 saturated carbocycles. The van der Waals surface area contributed by atoms with E-state index >= 15 is 0 Å². The Bertz CT molecular complexity index is 290. The molecule has 104 valence electrons. The van der Waals surface area contributed by atoms with Gasteiger partial charge in [0, 0.05) is 6.42 Å². The topological polar surface area (TPSA) is 35.5 Å². The third-order valence-electron chi connectivity index (χ3n) is 2.69. The standard InChI is InChI=1S/C15H26O3/c1-6-9-14(16)17-12-18-15(5,7-2)11-8-10-13(3)4/h7,10H,2,6,8-9,11-12H2,1,3-5H3. The van der Waals surface area contributed by atoms with Gasteiger partial charge in [0.2, 0.25) is 0 Å². The van der Waals surface area contributed by atoms with E-state index in [9.17, 15) is 4.79 Å². The van der Waals surface area contributed by atoms with Gasteiger partial charge in [-0.25, -0.2) is 0 Å². The molecule has 0 aromatic carbocycles. The van der Waals surface area contributed by atoms with Crippen LogP contribution in [-0.2, 0) is 14.3 Å². The number of hydrogen-bond donors (Lipinski definition) is 0. The molecular weight excluding hydrogens is 228 g/mol. The van der Waals surface area contributed by atoms with Crippen LogP contribution in [0.15, 0.2) is 24.3 Å². The van der Waals surface area contributed by atoms with E-state index in [1.54, 1.807) is 6.08 Å². The highest BCUT2D eigenvalue weighted by Gasteiger charge is 2.20. The van der Waals surface area contributed by atoms with Crippen LogP contribution in [0.3, 0.4) is 0 Å². The zero-order chi connectivity index (χ0) is 14.0. The van der Waals surface area contributed by atoms with Crippen LogP contribution in [0.2, 0.25) is 0 Å². The van der Waals surface area contributed by atoms with E-state index in [2.05, 4.69) is 26.5 Å². The summed E-state index contributed by atoms with van der Waals surface area (Å²) in [6.07, 6.45) is 6.90. The van der Waals surface area contributed by atoms with Crippen molar-refractivity contribution in [3.8, 4) is 0 Å². The molecule has 3 nitrogen and oxygen atoms in total. The molecule has 0 aromatic rings. The van der Waals surface area contributed by atoms with Gasteiger partial charge in [-0.2, -0.15) is 0 Å². The number of carbonyl (C=O) groups is 1. The highest BCUT2D eigenvalue weighted by molar-refractivity contribution is 5.69. The molecule has 0 aliphatic heterocycles. The zero-order valence-electron chi connectivity index (χ0n) is 12.1. The molecule has 1 atom stereocenters. The van der Waals surface area contributed by atoms with Gasteiger partial charge in [-0.3, -0.25) is 4.79 Å². The largest absolute Gasteiger partial charge is 0.438 e. The Morgan fingerprint density at radius 1 is 1.39 bits per heavy atom. The van der Waals surface area contributed by atoms with Gasteiger partial charge >= 0.3 is 5.97 Å². The summed E-state index contributed by atoms with van der Waals surface area (Å²) in [4.78, 5) is 11.2. The number of rotatable bonds is 9. The molecule has 0 N–H and O–H groups in total. The maximum atomic E-state index is 11.2. The Balaban J connectivity index is 4.03. The zero-order valence-corrected chi connectivity index (χ0v) is 12.1. The maximum absolute atomic E-state index is 11.2. The first-order chi connectivity index (χ1) is 8.43. The third-order valence-corrected chi connectivity index (χ3v) is 2.69. The molecule has 0 radical (unpaired) electrons. The van der Waals surface area contributed by atoms with Gasteiger partial charge in [0.25, 0.3) is 0 Å². The summed E-state index contributed by atoms with van der Waals surface area (Å²) < 4.78 is 10.6. The Morgan fingerprint density at radius 2 is 2.06 bits per heavy atom. The summed E-state index contributed by atoms with van der Waals surface area (Å²) in [7, 11) is 0. The van der Waals surface area contributed by atoms with Gasteiger partial charge in [-0.1, -0.05) is 24.6 Å². The lowest BCUT2D eigenvalue weighted by Gasteiger charge is -2.25. The van der Waals surface area contributed by atoms with Gasteiger partial charge in [0.1, 0.15) is 0 Å². The van der Waals surface area contributed by atoms with Gasteiger partial charge in [0.05, 0.1) is 5.60 Å². The highest BCUT2D eigenvalue weighted by Crippen LogP contribution is 2.20. The quantitative estimate of drug-likeness (QED) is 0.354. The minimum Gasteiger partial charge on any atom is -0.438 e. The Kier molecular flexibility index (Phi) is 8.38. The van der Waals surface area contributed by atoms with Crippen LogP contribution < -0.4 is 0 Å². The molecule has 1 unspecified atom stereocenters. The van der Waals surface area contributed by atoms with Crippen LogP contribution in [-0.4, -0.2) is 18.4 Å². The summed E-state index contributed by atoms with van der Waals surface area (Å²) in [5.74, 6) is -0.215. The Labute approximate surface area is 111 Å². The molecule has 0 aliphatic carbocycles. The average Bonchev–Trinajstić information content (AvgIpc) is 2.29. The molecule has 3 heteroatoms. The van der Waals surface area contributed by atoms with Crippen molar-refractivity contribution in [3.63, 3.8) is 0 Å². The van der Waals surface area contributed by atoms with Crippen LogP contribution in [0.1, 0.15) is 53.4 Å². The van der Waals surface area contributed by atoms with Crippen molar-refractivity contribution < 1.29 is 14.3 Å². The molecule has 0 bridgehead atoms. The molecule has 0 aromatic heterocycles. The monoisotopic (exact) mass is 254 g/mol. The van der Waals surface area contributed by atoms with Crippen molar-refractivity contribution in [3.05, 3.63) is 24.3 Å². The van der Waals surface area contributed by atoms with E-state index in [1.165, 1.54) is 5.57 Å². The third kappa shape index (κ3) is 8.07. The summed E-state index contributed by atoms with van der Waals surface area (Å²) in [5, 5.41) is 0. The molecule has 0 aliphatic rings. The molecule has 0 amide bonds. The van der Waals surface area contributed by atoms with E-state index in [4.69, 9.17) is 9.47 Å². The van der Waals surface area contributed by atoms with Crippen LogP contribution >= 0.6 is 0 Å². The lowest BCUT2D eigenvalue weighted by molar-refractivity contribution is -0.166. The summed E-state index contributed by atoms with van der Waals surface area (Å²) in [5.41, 5.74) is 0.842. The number of esters is 1. The van der Waals surface area contributed by atoms with E-state index in [1.807, 2.05) is 13.8 Å². The smallest absolute Gasteiger partial charge is 0.307 e. The number of allylic oxidation sites excluding steroid dienone is 2. The predicted octanol–water partition coefficient (Wildman–Crippen LogP) is 3.99. The average molecular weight is 254 g/mol. The lowest BCUT2D eigenvalue weighted by Crippen LogP contribution is -2.27. The molecular formula is C15H26O3. The summed E-state index contributed by atoms with van der Waals surface area (Å²) in [6, 6.07) is 0. The molecule has 0 rings (SSSR count). The van der Waals surface area contributed by atoms with Crippen molar-refractivity contribution in [2.75, 3.05) is 6.79 Å². The van der Waals surface area contributed by atoms with Gasteiger partial charge < -0.3 is 9.47 Å². The van der Waals surface area contributed by atoms with E-state index in [0.717, 1.165) is 19.3 Å². The van der Waals surface area contributed by atoms with E-state index in [-0.39, 0.29) is 12.8 Å². The van der Waals surface area contributed by atoms with E-state index < -0.39 is 5.60 Å².